The second-order valence-corrected chi connectivity index (χ2v) is 15.0. The monoisotopic (exact) mass is 687 g/mol. The van der Waals surface area contributed by atoms with Gasteiger partial charge in [0, 0.05) is 12.8 Å². The highest BCUT2D eigenvalue weighted by molar-refractivity contribution is 7.45. The van der Waals surface area contributed by atoms with Crippen LogP contribution in [-0.2, 0) is 32.7 Å². The Morgan fingerprint density at radius 2 is 1.15 bits per heavy atom. The van der Waals surface area contributed by atoms with E-state index in [0.717, 1.165) is 57.8 Å². The van der Waals surface area contributed by atoms with E-state index in [1.165, 1.54) is 57.8 Å². The topological polar surface area (TPSA) is 111 Å². The first-order chi connectivity index (χ1) is 22.5. The Balaban J connectivity index is 4.46. The van der Waals surface area contributed by atoms with Gasteiger partial charge >= 0.3 is 11.9 Å². The summed E-state index contributed by atoms with van der Waals surface area (Å²) < 4.78 is 33.6. The number of phosphoric acid groups is 1. The van der Waals surface area contributed by atoms with Crippen LogP contribution in [-0.4, -0.2) is 70.0 Å². The van der Waals surface area contributed by atoms with Gasteiger partial charge < -0.3 is 27.9 Å². The van der Waals surface area contributed by atoms with Gasteiger partial charge in [-0.25, -0.2) is 0 Å². The molecule has 0 bridgehead atoms. The van der Waals surface area contributed by atoms with Gasteiger partial charge in [0.15, 0.2) is 6.10 Å². The lowest BCUT2D eigenvalue weighted by atomic mass is 10.1. The van der Waals surface area contributed by atoms with Crippen molar-refractivity contribution in [2.45, 2.75) is 155 Å². The Bertz CT molecular complexity index is 871. The molecule has 0 spiro atoms. The van der Waals surface area contributed by atoms with Crippen LogP contribution in [0.1, 0.15) is 149 Å². The number of hydrogen-bond donors (Lipinski definition) is 0. The number of phosphoric ester groups is 1. The van der Waals surface area contributed by atoms with E-state index in [1.807, 2.05) is 21.1 Å². The average Bonchev–Trinajstić information content (AvgIpc) is 3.01. The molecule has 0 aromatic carbocycles. The van der Waals surface area contributed by atoms with Crippen molar-refractivity contribution in [3.63, 3.8) is 0 Å². The summed E-state index contributed by atoms with van der Waals surface area (Å²) in [5.41, 5.74) is 0. The van der Waals surface area contributed by atoms with Crippen LogP contribution in [0.2, 0.25) is 0 Å². The third-order valence-electron chi connectivity index (χ3n) is 7.72. The summed E-state index contributed by atoms with van der Waals surface area (Å²) in [6.45, 7) is 4.13. The number of nitrogens with zero attached hydrogens (tertiary/aromatic N) is 1. The van der Waals surface area contributed by atoms with Gasteiger partial charge in [-0.2, -0.15) is 0 Å². The molecule has 10 heteroatoms. The van der Waals surface area contributed by atoms with Crippen molar-refractivity contribution in [1.29, 1.82) is 0 Å². The maximum Gasteiger partial charge on any atom is 0.306 e. The Labute approximate surface area is 288 Å². The number of quaternary nitrogens is 1. The summed E-state index contributed by atoms with van der Waals surface area (Å²) in [6, 6.07) is 0. The molecular formula is C37H70NO8P. The molecular weight excluding hydrogens is 617 g/mol. The van der Waals surface area contributed by atoms with Crippen molar-refractivity contribution >= 4 is 19.8 Å². The number of esters is 2. The molecule has 0 N–H and O–H groups in total. The van der Waals surface area contributed by atoms with Gasteiger partial charge in [-0.15, -0.1) is 0 Å². The van der Waals surface area contributed by atoms with E-state index in [0.29, 0.717) is 17.4 Å². The van der Waals surface area contributed by atoms with Crippen LogP contribution in [0.25, 0.3) is 0 Å². The Morgan fingerprint density at radius 3 is 1.72 bits per heavy atom. The van der Waals surface area contributed by atoms with Crippen LogP contribution in [0, 0.1) is 0 Å². The van der Waals surface area contributed by atoms with E-state index in [2.05, 4.69) is 38.2 Å². The van der Waals surface area contributed by atoms with Crippen LogP contribution in [0.15, 0.2) is 24.3 Å². The highest BCUT2D eigenvalue weighted by Crippen LogP contribution is 2.38. The van der Waals surface area contributed by atoms with Crippen molar-refractivity contribution in [2.75, 3.05) is 47.5 Å². The number of ether oxygens (including phenoxy) is 2. The van der Waals surface area contributed by atoms with Crippen LogP contribution < -0.4 is 4.89 Å². The average molecular weight is 688 g/mol. The van der Waals surface area contributed by atoms with Crippen LogP contribution in [0.4, 0.5) is 0 Å². The minimum atomic E-state index is -4.61. The van der Waals surface area contributed by atoms with Gasteiger partial charge in [-0.1, -0.05) is 115 Å². The number of carbonyl (C=O) groups is 2. The predicted octanol–water partition coefficient (Wildman–Crippen LogP) is 8.99. The predicted molar refractivity (Wildman–Crippen MR) is 190 cm³/mol. The summed E-state index contributed by atoms with van der Waals surface area (Å²) in [6.07, 6.45) is 29.3. The second kappa shape index (κ2) is 30.5. The molecule has 0 saturated carbocycles. The minimum Gasteiger partial charge on any atom is -0.756 e. The highest BCUT2D eigenvalue weighted by atomic mass is 31.2. The lowest BCUT2D eigenvalue weighted by Gasteiger charge is -2.28. The normalized spacial score (nSPS) is 14.1. The molecule has 0 rings (SSSR count). The number of likely N-dealkylation sites (N-methyl/N-ethyl adjacent to an activating group) is 1. The molecule has 0 amide bonds. The van der Waals surface area contributed by atoms with Gasteiger partial charge in [0.2, 0.25) is 0 Å². The number of rotatable bonds is 33. The van der Waals surface area contributed by atoms with E-state index in [-0.39, 0.29) is 26.1 Å². The molecule has 0 aromatic rings. The molecule has 0 aliphatic heterocycles. The summed E-state index contributed by atoms with van der Waals surface area (Å²) >= 11 is 0. The SMILES string of the molecule is CCCCC/C=C\C/C=C\CCCCCCCC(=O)O[C@H](COC(=O)CCCCCCCCCC)COP(=O)([O-])OCC[N+](C)(C)C. The molecule has 0 aliphatic carbocycles. The number of hydrogen-bond acceptors (Lipinski definition) is 8. The van der Waals surface area contributed by atoms with Crippen LogP contribution >= 0.6 is 7.82 Å². The van der Waals surface area contributed by atoms with Crippen molar-refractivity contribution in [3.8, 4) is 0 Å². The molecule has 0 aromatic heterocycles. The van der Waals surface area contributed by atoms with Gasteiger partial charge in [0.05, 0.1) is 27.7 Å². The lowest BCUT2D eigenvalue weighted by Crippen LogP contribution is -2.37. The van der Waals surface area contributed by atoms with Crippen LogP contribution in [0.3, 0.4) is 0 Å². The first-order valence-corrected chi connectivity index (χ1v) is 20.0. The molecule has 0 fully saturated rings. The van der Waals surface area contributed by atoms with Crippen molar-refractivity contribution in [1.82, 2.24) is 0 Å². The van der Waals surface area contributed by atoms with Crippen molar-refractivity contribution in [2.24, 2.45) is 0 Å². The zero-order valence-corrected chi connectivity index (χ0v) is 31.6. The van der Waals surface area contributed by atoms with E-state index in [1.54, 1.807) is 0 Å². The summed E-state index contributed by atoms with van der Waals surface area (Å²) in [5, 5.41) is 0. The summed E-state index contributed by atoms with van der Waals surface area (Å²) in [4.78, 5) is 37.2. The Kier molecular flexibility index (Phi) is 29.6. The molecule has 0 heterocycles. The molecule has 0 aliphatic rings. The zero-order chi connectivity index (χ0) is 35.1. The fourth-order valence-electron chi connectivity index (χ4n) is 4.74. The zero-order valence-electron chi connectivity index (χ0n) is 30.7. The summed E-state index contributed by atoms with van der Waals surface area (Å²) in [5.74, 6) is -0.856. The maximum absolute atomic E-state index is 12.6. The second-order valence-electron chi connectivity index (χ2n) is 13.6. The molecule has 0 saturated heterocycles. The Hall–Kier alpha value is -1.51. The van der Waals surface area contributed by atoms with E-state index in [4.69, 9.17) is 18.5 Å². The van der Waals surface area contributed by atoms with E-state index >= 15 is 0 Å². The molecule has 47 heavy (non-hydrogen) atoms. The van der Waals surface area contributed by atoms with Crippen LogP contribution in [0.5, 0.6) is 0 Å². The van der Waals surface area contributed by atoms with Crippen molar-refractivity contribution in [3.05, 3.63) is 24.3 Å². The third kappa shape index (κ3) is 34.2. The quantitative estimate of drug-likeness (QED) is 0.0221. The third-order valence-corrected chi connectivity index (χ3v) is 8.69. The smallest absolute Gasteiger partial charge is 0.306 e. The highest BCUT2D eigenvalue weighted by Gasteiger charge is 2.21. The largest absolute Gasteiger partial charge is 0.756 e. The first kappa shape index (κ1) is 45.5. The standard InChI is InChI=1S/C37H70NO8P/c1-6-8-10-12-14-16-17-18-19-20-21-22-24-26-28-30-37(40)46-35(34-45-47(41,42)44-32-31-38(3,4)5)33-43-36(39)29-27-25-23-15-13-11-9-7-2/h14,16,18-19,35H,6-13,15,17,20-34H2,1-5H3/b16-14-,19-18-/t35-/m1/s1. The molecule has 276 valence electrons. The van der Waals surface area contributed by atoms with E-state index in [9.17, 15) is 19.0 Å². The number of allylic oxidation sites excluding steroid dienone is 4. The van der Waals surface area contributed by atoms with E-state index < -0.39 is 32.5 Å². The molecule has 1 unspecified atom stereocenters. The van der Waals surface area contributed by atoms with Gasteiger partial charge in [0.1, 0.15) is 19.8 Å². The minimum absolute atomic E-state index is 0.0326. The summed E-state index contributed by atoms with van der Waals surface area (Å²) in [7, 11) is 1.15. The van der Waals surface area contributed by atoms with Gasteiger partial charge in [0.25, 0.3) is 7.82 Å². The van der Waals surface area contributed by atoms with Gasteiger partial charge in [-0.05, 0) is 44.9 Å². The molecule has 9 nitrogen and oxygen atoms in total. The number of carbonyl (C=O) groups excluding carboxylic acids is 2. The Morgan fingerprint density at radius 1 is 0.660 bits per heavy atom. The van der Waals surface area contributed by atoms with Crippen molar-refractivity contribution < 1.29 is 42.1 Å². The van der Waals surface area contributed by atoms with Gasteiger partial charge in [-0.3, -0.25) is 14.2 Å². The number of unbranched alkanes of at least 4 members (excludes halogenated alkanes) is 15. The molecule has 2 atom stereocenters. The first-order valence-electron chi connectivity index (χ1n) is 18.5. The fraction of sp³-hybridized carbons (Fsp3) is 0.838. The maximum atomic E-state index is 12.6. The fourth-order valence-corrected chi connectivity index (χ4v) is 5.47. The molecule has 0 radical (unpaired) electrons. The lowest BCUT2D eigenvalue weighted by molar-refractivity contribution is -0.870.